The van der Waals surface area contributed by atoms with E-state index < -0.39 is 5.97 Å². The second-order valence-electron chi connectivity index (χ2n) is 7.50. The third-order valence-electron chi connectivity index (χ3n) is 4.96. The van der Waals surface area contributed by atoms with Gasteiger partial charge in [0.25, 0.3) is 0 Å². The van der Waals surface area contributed by atoms with Gasteiger partial charge < -0.3 is 9.25 Å². The van der Waals surface area contributed by atoms with Gasteiger partial charge in [-0.1, -0.05) is 60.6 Å². The van der Waals surface area contributed by atoms with Crippen molar-refractivity contribution >= 4 is 40.2 Å². The lowest BCUT2D eigenvalue weighted by Gasteiger charge is -2.07. The molecule has 3 aromatic carbocycles. The molecule has 33 heavy (non-hydrogen) atoms. The van der Waals surface area contributed by atoms with Gasteiger partial charge in [-0.05, 0) is 60.5 Å². The van der Waals surface area contributed by atoms with Crippen LogP contribution in [0.15, 0.2) is 98.2 Å². The number of para-hydroxylation sites is 1. The zero-order valence-corrected chi connectivity index (χ0v) is 19.2. The van der Waals surface area contributed by atoms with Gasteiger partial charge >= 0.3 is 5.97 Å². The molecule has 0 radical (unpaired) electrons. The third kappa shape index (κ3) is 5.59. The van der Waals surface area contributed by atoms with Gasteiger partial charge in [0.1, 0.15) is 5.58 Å². The van der Waals surface area contributed by atoms with Crippen LogP contribution in [0.3, 0.4) is 0 Å². The number of furan rings is 1. The van der Waals surface area contributed by atoms with Crippen LogP contribution in [0, 0.1) is 0 Å². The van der Waals surface area contributed by atoms with E-state index in [1.54, 1.807) is 17.8 Å². The minimum Gasteiger partial charge on any atom is -0.453 e. The Morgan fingerprint density at radius 1 is 0.909 bits per heavy atom. The van der Waals surface area contributed by atoms with Crippen LogP contribution in [0.1, 0.15) is 48.4 Å². The van der Waals surface area contributed by atoms with Crippen molar-refractivity contribution in [3.8, 4) is 0 Å². The summed E-state index contributed by atoms with van der Waals surface area (Å²) in [5.74, 6) is -0.230. The van der Waals surface area contributed by atoms with Gasteiger partial charge in [-0.15, -0.1) is 0 Å². The molecule has 0 bridgehead atoms. The molecule has 166 valence electrons. The summed E-state index contributed by atoms with van der Waals surface area (Å²) in [5.41, 5.74) is 2.96. The molecule has 0 aliphatic rings. The van der Waals surface area contributed by atoms with Crippen LogP contribution in [0.2, 0.25) is 0 Å². The SMILES string of the molecule is CCC/C(=N\OC(C)=O)c1ccc(Sc2ccc(C(=O)c3cc4ccccc4o3)cc2)cc1. The van der Waals surface area contributed by atoms with E-state index in [0.29, 0.717) is 16.9 Å². The Kier molecular flexibility index (Phi) is 7.05. The third-order valence-corrected chi connectivity index (χ3v) is 5.98. The fraction of sp³-hybridized carbons (Fsp3) is 0.148. The molecular weight excluding hydrogens is 434 g/mol. The van der Waals surface area contributed by atoms with Crippen molar-refractivity contribution in [1.82, 2.24) is 0 Å². The first-order chi connectivity index (χ1) is 16.0. The van der Waals surface area contributed by atoms with Crippen LogP contribution >= 0.6 is 11.8 Å². The Morgan fingerprint density at radius 3 is 2.15 bits per heavy atom. The predicted molar refractivity (Wildman–Crippen MR) is 130 cm³/mol. The number of carbonyl (C=O) groups is 2. The first-order valence-corrected chi connectivity index (χ1v) is 11.5. The van der Waals surface area contributed by atoms with Crippen molar-refractivity contribution in [1.29, 1.82) is 0 Å². The summed E-state index contributed by atoms with van der Waals surface area (Å²) >= 11 is 1.60. The Bertz CT molecular complexity index is 1270. The first-order valence-electron chi connectivity index (χ1n) is 10.7. The molecule has 0 spiro atoms. The highest BCUT2D eigenvalue weighted by Crippen LogP contribution is 2.29. The summed E-state index contributed by atoms with van der Waals surface area (Å²) in [5, 5.41) is 4.90. The first kappa shape index (κ1) is 22.6. The Hall–Kier alpha value is -3.64. The summed E-state index contributed by atoms with van der Waals surface area (Å²) < 4.78 is 5.70. The topological polar surface area (TPSA) is 68.9 Å². The Morgan fingerprint density at radius 2 is 1.55 bits per heavy atom. The largest absolute Gasteiger partial charge is 0.453 e. The molecule has 0 atom stereocenters. The lowest BCUT2D eigenvalue weighted by atomic mass is 10.1. The number of hydrogen-bond donors (Lipinski definition) is 0. The molecule has 0 amide bonds. The highest BCUT2D eigenvalue weighted by Gasteiger charge is 2.14. The van der Waals surface area contributed by atoms with Crippen LogP contribution in [0.25, 0.3) is 11.0 Å². The van der Waals surface area contributed by atoms with Crippen LogP contribution < -0.4 is 0 Å². The van der Waals surface area contributed by atoms with E-state index in [9.17, 15) is 9.59 Å². The van der Waals surface area contributed by atoms with Gasteiger partial charge in [-0.25, -0.2) is 4.79 Å². The van der Waals surface area contributed by atoms with Crippen LogP contribution in [0.4, 0.5) is 0 Å². The van der Waals surface area contributed by atoms with E-state index in [4.69, 9.17) is 9.25 Å². The minimum absolute atomic E-state index is 0.136. The highest BCUT2D eigenvalue weighted by atomic mass is 32.2. The molecule has 5 nitrogen and oxygen atoms in total. The minimum atomic E-state index is -0.432. The summed E-state index contributed by atoms with van der Waals surface area (Å²) in [4.78, 5) is 30.8. The van der Waals surface area contributed by atoms with E-state index in [1.807, 2.05) is 72.8 Å². The molecular formula is C27H23NO4S. The zero-order chi connectivity index (χ0) is 23.2. The summed E-state index contributed by atoms with van der Waals surface area (Å²) in [6.07, 6.45) is 1.62. The number of nitrogens with zero attached hydrogens (tertiary/aromatic N) is 1. The molecule has 4 aromatic rings. The van der Waals surface area contributed by atoms with Crippen molar-refractivity contribution in [3.63, 3.8) is 0 Å². The molecule has 0 fully saturated rings. The number of fused-ring (bicyclic) bond motifs is 1. The van der Waals surface area contributed by atoms with E-state index >= 15 is 0 Å². The van der Waals surface area contributed by atoms with E-state index in [0.717, 1.165) is 39.3 Å². The molecule has 0 N–H and O–H groups in total. The van der Waals surface area contributed by atoms with Crippen molar-refractivity contribution in [2.24, 2.45) is 5.16 Å². The highest BCUT2D eigenvalue weighted by molar-refractivity contribution is 7.99. The summed E-state index contributed by atoms with van der Waals surface area (Å²) in [6.45, 7) is 3.39. The van der Waals surface area contributed by atoms with Crippen LogP contribution in [0.5, 0.6) is 0 Å². The standard InChI is InChI=1S/C27H23NO4S/c1-3-6-24(28-32-18(2)29)19-9-13-22(14-10-19)33-23-15-11-20(12-16-23)27(30)26-17-21-7-4-5-8-25(21)31-26/h4-5,7-17H,3,6H2,1-2H3/b28-24+. The maximum absolute atomic E-state index is 12.8. The maximum atomic E-state index is 12.8. The van der Waals surface area contributed by atoms with Gasteiger partial charge in [-0.3, -0.25) is 4.79 Å². The average Bonchev–Trinajstić information content (AvgIpc) is 3.27. The van der Waals surface area contributed by atoms with Gasteiger partial charge in [0.05, 0.1) is 5.71 Å². The van der Waals surface area contributed by atoms with Gasteiger partial charge in [0, 0.05) is 27.7 Å². The van der Waals surface area contributed by atoms with Crippen LogP contribution in [-0.4, -0.2) is 17.5 Å². The lowest BCUT2D eigenvalue weighted by Crippen LogP contribution is -2.03. The van der Waals surface area contributed by atoms with Crippen LogP contribution in [-0.2, 0) is 9.63 Å². The summed E-state index contributed by atoms with van der Waals surface area (Å²) in [7, 11) is 0. The molecule has 1 aromatic heterocycles. The normalized spacial score (nSPS) is 11.5. The van der Waals surface area contributed by atoms with Crippen molar-refractivity contribution in [2.45, 2.75) is 36.5 Å². The smallest absolute Gasteiger partial charge is 0.331 e. The molecule has 0 saturated carbocycles. The Balaban J connectivity index is 1.44. The monoisotopic (exact) mass is 457 g/mol. The maximum Gasteiger partial charge on any atom is 0.331 e. The van der Waals surface area contributed by atoms with Gasteiger partial charge in [-0.2, -0.15) is 0 Å². The van der Waals surface area contributed by atoms with Crippen molar-refractivity contribution in [3.05, 3.63) is 95.7 Å². The fourth-order valence-electron chi connectivity index (χ4n) is 3.36. The average molecular weight is 458 g/mol. The molecule has 6 heteroatoms. The number of rotatable bonds is 8. The van der Waals surface area contributed by atoms with Crippen molar-refractivity contribution < 1.29 is 18.8 Å². The molecule has 0 aliphatic heterocycles. The number of hydrogen-bond acceptors (Lipinski definition) is 6. The Labute approximate surface area is 196 Å². The van der Waals surface area contributed by atoms with E-state index in [2.05, 4.69) is 12.1 Å². The molecule has 1 heterocycles. The number of carbonyl (C=O) groups excluding carboxylic acids is 2. The molecule has 0 unspecified atom stereocenters. The second-order valence-corrected chi connectivity index (χ2v) is 8.65. The molecule has 0 aliphatic carbocycles. The number of ketones is 1. The van der Waals surface area contributed by atoms with Gasteiger partial charge in [0.15, 0.2) is 5.76 Å². The lowest BCUT2D eigenvalue weighted by molar-refractivity contribution is -0.140. The molecule has 0 saturated heterocycles. The summed E-state index contributed by atoms with van der Waals surface area (Å²) in [6, 6.07) is 24.8. The molecule has 4 rings (SSSR count). The van der Waals surface area contributed by atoms with E-state index in [-0.39, 0.29) is 5.78 Å². The quantitative estimate of drug-likeness (QED) is 0.125. The van der Waals surface area contributed by atoms with Crippen molar-refractivity contribution in [2.75, 3.05) is 0 Å². The van der Waals surface area contributed by atoms with E-state index in [1.165, 1.54) is 6.92 Å². The second kappa shape index (κ2) is 10.3. The zero-order valence-electron chi connectivity index (χ0n) is 18.4. The fourth-order valence-corrected chi connectivity index (χ4v) is 4.18. The predicted octanol–water partition coefficient (Wildman–Crippen LogP) is 6.88. The number of oxime groups is 1. The van der Waals surface area contributed by atoms with Gasteiger partial charge in [0.2, 0.25) is 5.78 Å². The number of benzene rings is 3.